The van der Waals surface area contributed by atoms with Crippen LogP contribution in [0.3, 0.4) is 0 Å². The normalized spacial score (nSPS) is 23.6. The van der Waals surface area contributed by atoms with Gasteiger partial charge in [0.15, 0.2) is 0 Å². The molecule has 2 aliphatic rings. The van der Waals surface area contributed by atoms with Crippen molar-refractivity contribution >= 4 is 23.1 Å². The summed E-state index contributed by atoms with van der Waals surface area (Å²) in [5.41, 5.74) is -0.199. The zero-order valence-corrected chi connectivity index (χ0v) is 17.0. The molecule has 2 aromatic rings. The first-order valence-electron chi connectivity index (χ1n) is 9.68. The molecule has 1 saturated heterocycles. The molecule has 1 heterocycles. The maximum absolute atomic E-state index is 14.1. The van der Waals surface area contributed by atoms with E-state index >= 15 is 0 Å². The van der Waals surface area contributed by atoms with E-state index in [1.807, 2.05) is 11.0 Å². The molecule has 3 nitrogen and oxygen atoms in total. The summed E-state index contributed by atoms with van der Waals surface area (Å²) in [4.78, 5) is 15.2. The van der Waals surface area contributed by atoms with E-state index in [-0.39, 0.29) is 17.4 Å². The van der Waals surface area contributed by atoms with Crippen molar-refractivity contribution in [1.82, 2.24) is 10.2 Å². The van der Waals surface area contributed by atoms with Crippen LogP contribution in [0.15, 0.2) is 42.5 Å². The van der Waals surface area contributed by atoms with Crippen LogP contribution in [-0.4, -0.2) is 27.9 Å². The van der Waals surface area contributed by atoms with Gasteiger partial charge < -0.3 is 10.2 Å². The van der Waals surface area contributed by atoms with Gasteiger partial charge in [0.2, 0.25) is 0 Å². The molecule has 2 aromatic carbocycles. The van der Waals surface area contributed by atoms with E-state index < -0.39 is 23.2 Å². The van der Waals surface area contributed by atoms with Crippen molar-refractivity contribution in [3.05, 3.63) is 70.5 Å². The first-order chi connectivity index (χ1) is 14.1. The van der Waals surface area contributed by atoms with Crippen LogP contribution in [-0.2, 0) is 12.6 Å². The second-order valence-electron chi connectivity index (χ2n) is 7.98. The number of hydrogen-bond donors (Lipinski definition) is 1. The van der Waals surface area contributed by atoms with Crippen molar-refractivity contribution in [2.24, 2.45) is 0 Å². The van der Waals surface area contributed by atoms with E-state index in [4.69, 9.17) is 12.2 Å². The summed E-state index contributed by atoms with van der Waals surface area (Å²) in [6.07, 6.45) is -2.64. The second-order valence-corrected chi connectivity index (χ2v) is 8.36. The maximum atomic E-state index is 14.1. The summed E-state index contributed by atoms with van der Waals surface area (Å²) in [5, 5.41) is 2.83. The van der Waals surface area contributed by atoms with Crippen molar-refractivity contribution < 1.29 is 22.4 Å². The van der Waals surface area contributed by atoms with Gasteiger partial charge in [-0.15, -0.1) is 0 Å². The predicted molar refractivity (Wildman–Crippen MR) is 109 cm³/mol. The minimum atomic E-state index is -4.52. The Labute approximate surface area is 177 Å². The number of nitrogens with zero attached hydrogens (tertiary/aromatic N) is 1. The lowest BCUT2D eigenvalue weighted by Gasteiger charge is -2.32. The van der Waals surface area contributed by atoms with Gasteiger partial charge in [-0.1, -0.05) is 30.4 Å². The largest absolute Gasteiger partial charge is 0.416 e. The van der Waals surface area contributed by atoms with Crippen LogP contribution in [0.4, 0.5) is 17.6 Å². The third-order valence-corrected chi connectivity index (χ3v) is 6.67. The van der Waals surface area contributed by atoms with Gasteiger partial charge in [0.05, 0.1) is 17.1 Å². The Balaban J connectivity index is 1.53. The number of halogens is 4. The topological polar surface area (TPSA) is 32.3 Å². The number of likely N-dealkylation sites (tertiary alicyclic amines) is 1. The number of carbonyl (C=O) groups excluding carboxylic acids is 1. The van der Waals surface area contributed by atoms with Crippen LogP contribution in [0.1, 0.15) is 52.9 Å². The molecule has 1 fully saturated rings. The lowest BCUT2D eigenvalue weighted by Crippen LogP contribution is -2.51. The number of thiocarbonyl (C=S) groups is 1. The highest BCUT2D eigenvalue weighted by Crippen LogP contribution is 2.41. The van der Waals surface area contributed by atoms with E-state index in [0.29, 0.717) is 29.9 Å². The van der Waals surface area contributed by atoms with Crippen LogP contribution in [0.5, 0.6) is 0 Å². The van der Waals surface area contributed by atoms with Crippen LogP contribution in [0, 0.1) is 5.82 Å². The van der Waals surface area contributed by atoms with E-state index in [2.05, 4.69) is 5.32 Å². The maximum Gasteiger partial charge on any atom is 0.416 e. The average Bonchev–Trinajstić information content (AvgIpc) is 3.24. The molecule has 1 aliphatic carbocycles. The van der Waals surface area contributed by atoms with Crippen molar-refractivity contribution in [3.8, 4) is 0 Å². The minimum Gasteiger partial charge on any atom is -0.357 e. The highest BCUT2D eigenvalue weighted by atomic mass is 32.1. The van der Waals surface area contributed by atoms with Crippen LogP contribution >= 0.6 is 12.2 Å². The smallest absolute Gasteiger partial charge is 0.357 e. The van der Waals surface area contributed by atoms with Gasteiger partial charge in [0.25, 0.3) is 5.91 Å². The van der Waals surface area contributed by atoms with Crippen LogP contribution in [0.2, 0.25) is 0 Å². The molecule has 8 heteroatoms. The van der Waals surface area contributed by atoms with Crippen molar-refractivity contribution in [3.63, 3.8) is 0 Å². The fourth-order valence-corrected chi connectivity index (χ4v) is 4.73. The van der Waals surface area contributed by atoms with E-state index in [1.165, 1.54) is 18.2 Å². The number of fused-ring (bicyclic) bond motifs is 1. The van der Waals surface area contributed by atoms with Gasteiger partial charge in [0.1, 0.15) is 10.8 Å². The molecule has 2 atom stereocenters. The number of carbonyl (C=O) groups is 1. The van der Waals surface area contributed by atoms with E-state index in [1.54, 1.807) is 13.0 Å². The summed E-state index contributed by atoms with van der Waals surface area (Å²) in [5.74, 6) is -0.827. The zero-order valence-electron chi connectivity index (χ0n) is 16.2. The fourth-order valence-electron chi connectivity index (χ4n) is 4.35. The van der Waals surface area contributed by atoms with E-state index in [0.717, 1.165) is 24.1 Å². The van der Waals surface area contributed by atoms with Crippen molar-refractivity contribution in [2.45, 2.75) is 43.9 Å². The molecule has 4 rings (SSSR count). The molecular weight excluding hydrogens is 416 g/mol. The summed E-state index contributed by atoms with van der Waals surface area (Å²) in [6, 6.07) is 9.29. The molecule has 0 unspecified atom stereocenters. The van der Waals surface area contributed by atoms with Gasteiger partial charge >= 0.3 is 6.18 Å². The molecule has 0 saturated carbocycles. The number of rotatable bonds is 3. The predicted octanol–water partition coefficient (Wildman–Crippen LogP) is 5.05. The third-order valence-electron chi connectivity index (χ3n) is 5.99. The molecule has 1 amide bonds. The number of benzene rings is 2. The van der Waals surface area contributed by atoms with Crippen LogP contribution < -0.4 is 5.32 Å². The highest BCUT2D eigenvalue weighted by molar-refractivity contribution is 7.80. The Morgan fingerprint density at radius 2 is 1.97 bits per heavy atom. The molecule has 1 N–H and O–H groups in total. The Kier molecular flexibility index (Phi) is 5.08. The second kappa shape index (κ2) is 7.34. The molecule has 1 aliphatic heterocycles. The van der Waals surface area contributed by atoms with Gasteiger partial charge in [-0.3, -0.25) is 4.79 Å². The zero-order chi connectivity index (χ0) is 21.7. The Morgan fingerprint density at radius 3 is 2.70 bits per heavy atom. The molecule has 0 spiro atoms. The minimum absolute atomic E-state index is 0.0597. The van der Waals surface area contributed by atoms with Gasteiger partial charge in [-0.2, -0.15) is 13.2 Å². The summed E-state index contributed by atoms with van der Waals surface area (Å²) >= 11 is 5.66. The summed E-state index contributed by atoms with van der Waals surface area (Å²) < 4.78 is 53.0. The molecule has 0 radical (unpaired) electrons. The van der Waals surface area contributed by atoms with Crippen molar-refractivity contribution in [2.75, 3.05) is 6.54 Å². The standard InChI is InChI=1S/C22H20F4N2OS/c1-21(27-19(29)13-4-2-5-14(12-13)22(24,25)26)10-11-28(20(21)30)18-9-8-15-16(18)6-3-7-17(15)23/h2-7,12,18H,8-11H2,1H3,(H,27,29)/t18-,21+/m1/s1. The summed E-state index contributed by atoms with van der Waals surface area (Å²) in [7, 11) is 0. The van der Waals surface area contributed by atoms with Gasteiger partial charge in [-0.05, 0) is 61.6 Å². The number of alkyl halides is 3. The number of amides is 1. The third kappa shape index (κ3) is 3.57. The quantitative estimate of drug-likeness (QED) is 0.540. The van der Waals surface area contributed by atoms with Gasteiger partial charge in [-0.25, -0.2) is 4.39 Å². The Morgan fingerprint density at radius 1 is 1.23 bits per heavy atom. The van der Waals surface area contributed by atoms with Gasteiger partial charge in [0, 0.05) is 12.1 Å². The molecule has 158 valence electrons. The number of hydrogen-bond acceptors (Lipinski definition) is 2. The average molecular weight is 436 g/mol. The van der Waals surface area contributed by atoms with E-state index in [9.17, 15) is 22.4 Å². The Bertz CT molecular complexity index is 1020. The molecule has 0 aromatic heterocycles. The van der Waals surface area contributed by atoms with Crippen molar-refractivity contribution in [1.29, 1.82) is 0 Å². The molecule has 0 bridgehead atoms. The molecule has 30 heavy (non-hydrogen) atoms. The van der Waals surface area contributed by atoms with Crippen LogP contribution in [0.25, 0.3) is 0 Å². The number of nitrogens with one attached hydrogen (secondary N) is 1. The SMILES string of the molecule is C[C@]1(NC(=O)c2cccc(C(F)(F)F)c2)CCN([C@@H]2CCc3c(F)cccc32)C1=S. The monoisotopic (exact) mass is 436 g/mol. The highest BCUT2D eigenvalue weighted by Gasteiger charge is 2.45. The lowest BCUT2D eigenvalue weighted by molar-refractivity contribution is -0.137. The molecular formula is C22H20F4N2OS. The summed E-state index contributed by atoms with van der Waals surface area (Å²) in [6.45, 7) is 2.36. The first-order valence-corrected chi connectivity index (χ1v) is 10.1. The Hall–Kier alpha value is -2.48. The first kappa shape index (κ1) is 20.8. The lowest BCUT2D eigenvalue weighted by atomic mass is 10.00. The fraction of sp³-hybridized carbons (Fsp3) is 0.364.